The Hall–Kier alpha value is -0.530. The average molecular weight is 270 g/mol. The maximum Gasteiger partial charge on any atom is 0.305 e. The number of hydrogen-bond donors (Lipinski definition) is 0. The number of carbonyl (C=O) groups is 1. The molecule has 0 atom stereocenters. The highest BCUT2D eigenvalue weighted by Crippen LogP contribution is 2.42. The average Bonchev–Trinajstić information content (AvgIpc) is 2.22. The summed E-state index contributed by atoms with van der Waals surface area (Å²) < 4.78 is 5.28. The van der Waals surface area contributed by atoms with Crippen molar-refractivity contribution < 1.29 is 9.53 Å². The lowest BCUT2D eigenvalue weighted by Crippen LogP contribution is -2.32. The molecule has 0 aliphatic heterocycles. The van der Waals surface area contributed by atoms with Gasteiger partial charge in [-0.2, -0.15) is 0 Å². The Morgan fingerprint density at radius 3 is 1.95 bits per heavy atom. The minimum Gasteiger partial charge on any atom is -0.466 e. The van der Waals surface area contributed by atoms with Gasteiger partial charge in [-0.15, -0.1) is 0 Å². The van der Waals surface area contributed by atoms with Crippen LogP contribution in [0.5, 0.6) is 0 Å². The summed E-state index contributed by atoms with van der Waals surface area (Å²) in [6, 6.07) is 0. The van der Waals surface area contributed by atoms with Gasteiger partial charge in [0.15, 0.2) is 0 Å². The second-order valence-corrected chi connectivity index (χ2v) is 7.75. The van der Waals surface area contributed by atoms with Gasteiger partial charge in [-0.25, -0.2) is 0 Å². The molecule has 0 aromatic rings. The summed E-state index contributed by atoms with van der Waals surface area (Å²) in [5.74, 6) is 0.597. The van der Waals surface area contributed by atoms with Crippen molar-refractivity contribution in [3.8, 4) is 0 Å². The van der Waals surface area contributed by atoms with Crippen LogP contribution in [-0.4, -0.2) is 12.6 Å². The van der Waals surface area contributed by atoms with Crippen molar-refractivity contribution in [1.29, 1.82) is 0 Å². The molecule has 2 nitrogen and oxygen atoms in total. The van der Waals surface area contributed by atoms with Crippen molar-refractivity contribution in [2.24, 2.45) is 16.7 Å². The molecular weight excluding hydrogens is 236 g/mol. The van der Waals surface area contributed by atoms with E-state index >= 15 is 0 Å². The van der Waals surface area contributed by atoms with Crippen molar-refractivity contribution in [1.82, 2.24) is 0 Å². The minimum atomic E-state index is -0.0371. The predicted octanol–water partition coefficient (Wildman–Crippen LogP) is 5.21. The Bertz CT molecular complexity index is 241. The maximum atomic E-state index is 11.4. The smallest absolute Gasteiger partial charge is 0.305 e. The van der Waals surface area contributed by atoms with Crippen molar-refractivity contribution in [3.63, 3.8) is 0 Å². The van der Waals surface area contributed by atoms with E-state index in [9.17, 15) is 4.79 Å². The zero-order valence-electron chi connectivity index (χ0n) is 14.1. The van der Waals surface area contributed by atoms with E-state index < -0.39 is 0 Å². The molecule has 0 aliphatic carbocycles. The third kappa shape index (κ3) is 8.28. The van der Waals surface area contributed by atoms with Gasteiger partial charge in [-0.3, -0.25) is 4.79 Å². The fourth-order valence-electron chi connectivity index (χ4n) is 3.03. The summed E-state index contributed by atoms with van der Waals surface area (Å²) >= 11 is 0. The molecule has 0 fully saturated rings. The van der Waals surface area contributed by atoms with Crippen LogP contribution in [0, 0.1) is 16.7 Å². The van der Waals surface area contributed by atoms with Gasteiger partial charge in [0.1, 0.15) is 0 Å². The van der Waals surface area contributed by atoms with E-state index in [1.54, 1.807) is 0 Å². The lowest BCUT2D eigenvalue weighted by atomic mass is 9.65. The molecule has 114 valence electrons. The molecule has 2 heteroatoms. The number of rotatable bonds is 7. The Morgan fingerprint density at radius 2 is 1.53 bits per heavy atom. The van der Waals surface area contributed by atoms with Crippen LogP contribution in [0.2, 0.25) is 0 Å². The maximum absolute atomic E-state index is 11.4. The van der Waals surface area contributed by atoms with Crippen LogP contribution in [0.4, 0.5) is 0 Å². The largest absolute Gasteiger partial charge is 0.466 e. The second kappa shape index (κ2) is 7.91. The van der Waals surface area contributed by atoms with Crippen LogP contribution in [0.25, 0.3) is 0 Å². The number of esters is 1. The normalized spacial score (nSPS) is 12.8. The van der Waals surface area contributed by atoms with Crippen molar-refractivity contribution in [2.75, 3.05) is 6.61 Å². The highest BCUT2D eigenvalue weighted by Gasteiger charge is 2.34. The number of ether oxygens (including phenoxy) is 1. The van der Waals surface area contributed by atoms with Gasteiger partial charge in [0.2, 0.25) is 0 Å². The lowest BCUT2D eigenvalue weighted by molar-refractivity contribution is -0.144. The fourth-order valence-corrected chi connectivity index (χ4v) is 3.03. The van der Waals surface area contributed by atoms with Crippen molar-refractivity contribution >= 4 is 5.97 Å². The number of unbranched alkanes of at least 4 members (excludes halogenated alkanes) is 1. The summed E-state index contributed by atoms with van der Waals surface area (Å²) in [7, 11) is 0. The van der Waals surface area contributed by atoms with E-state index in [4.69, 9.17) is 4.74 Å². The van der Waals surface area contributed by atoms with Crippen molar-refractivity contribution in [3.05, 3.63) is 0 Å². The van der Waals surface area contributed by atoms with Crippen LogP contribution in [-0.2, 0) is 9.53 Å². The summed E-state index contributed by atoms with van der Waals surface area (Å²) in [4.78, 5) is 11.4. The topological polar surface area (TPSA) is 26.3 Å². The van der Waals surface area contributed by atoms with E-state index in [1.807, 2.05) is 0 Å². The van der Waals surface area contributed by atoms with Crippen molar-refractivity contribution in [2.45, 2.75) is 80.6 Å². The summed E-state index contributed by atoms with van der Waals surface area (Å²) in [5, 5.41) is 0. The second-order valence-electron chi connectivity index (χ2n) is 7.75. The zero-order chi connectivity index (χ0) is 15.1. The summed E-state index contributed by atoms with van der Waals surface area (Å²) in [6.07, 6.45) is 4.64. The first-order valence-corrected chi connectivity index (χ1v) is 7.74. The van der Waals surface area contributed by atoms with Gasteiger partial charge >= 0.3 is 5.97 Å². The van der Waals surface area contributed by atoms with E-state index in [-0.39, 0.29) is 5.97 Å². The van der Waals surface area contributed by atoms with Crippen LogP contribution in [0.3, 0.4) is 0 Å². The zero-order valence-corrected chi connectivity index (χ0v) is 14.1. The molecule has 0 saturated heterocycles. The van der Waals surface area contributed by atoms with Crippen LogP contribution < -0.4 is 0 Å². The molecule has 0 spiro atoms. The minimum absolute atomic E-state index is 0.0371. The first-order chi connectivity index (χ1) is 8.59. The van der Waals surface area contributed by atoms with E-state index in [2.05, 4.69) is 48.5 Å². The number of hydrogen-bond acceptors (Lipinski definition) is 2. The summed E-state index contributed by atoms with van der Waals surface area (Å²) in [5.41, 5.74) is 0.592. The Labute approximate surface area is 120 Å². The Kier molecular flexibility index (Phi) is 7.69. The monoisotopic (exact) mass is 270 g/mol. The van der Waals surface area contributed by atoms with E-state index in [0.29, 0.717) is 29.8 Å². The van der Waals surface area contributed by atoms with Gasteiger partial charge in [0.05, 0.1) is 6.61 Å². The van der Waals surface area contributed by atoms with E-state index in [1.165, 1.54) is 0 Å². The molecule has 0 aromatic heterocycles. The quantitative estimate of drug-likeness (QED) is 0.469. The molecule has 0 rings (SSSR count). The molecule has 0 aromatic carbocycles. The van der Waals surface area contributed by atoms with Gasteiger partial charge in [0, 0.05) is 6.42 Å². The highest BCUT2D eigenvalue weighted by molar-refractivity contribution is 5.69. The first kappa shape index (κ1) is 18.5. The van der Waals surface area contributed by atoms with Gasteiger partial charge in [0.25, 0.3) is 0 Å². The SMILES string of the molecule is CCCCC(=O)OCCCC(C(C)(C)C)C(C)(C)C. The molecule has 0 aliphatic rings. The van der Waals surface area contributed by atoms with Crippen LogP contribution in [0.1, 0.15) is 80.6 Å². The third-order valence-corrected chi connectivity index (χ3v) is 3.73. The van der Waals surface area contributed by atoms with Gasteiger partial charge in [-0.1, -0.05) is 54.9 Å². The molecule has 0 amide bonds. The van der Waals surface area contributed by atoms with Gasteiger partial charge in [-0.05, 0) is 36.0 Å². The van der Waals surface area contributed by atoms with Crippen LogP contribution >= 0.6 is 0 Å². The highest BCUT2D eigenvalue weighted by atomic mass is 16.5. The molecule has 0 radical (unpaired) electrons. The number of carbonyl (C=O) groups excluding carboxylic acids is 1. The fraction of sp³-hybridized carbons (Fsp3) is 0.941. The molecule has 0 heterocycles. The van der Waals surface area contributed by atoms with E-state index in [0.717, 1.165) is 25.7 Å². The molecule has 0 N–H and O–H groups in total. The predicted molar refractivity (Wildman–Crippen MR) is 82.1 cm³/mol. The third-order valence-electron chi connectivity index (χ3n) is 3.73. The standard InChI is InChI=1S/C17H34O2/c1-8-9-12-15(18)19-13-10-11-14(16(2,3)4)17(5,6)7/h14H,8-13H2,1-7H3. The van der Waals surface area contributed by atoms with Crippen LogP contribution in [0.15, 0.2) is 0 Å². The molecule has 0 unspecified atom stereocenters. The Morgan fingerprint density at radius 1 is 1.00 bits per heavy atom. The molecule has 19 heavy (non-hydrogen) atoms. The molecular formula is C17H34O2. The Balaban J connectivity index is 4.06. The van der Waals surface area contributed by atoms with Gasteiger partial charge < -0.3 is 4.74 Å². The first-order valence-electron chi connectivity index (χ1n) is 7.74. The molecule has 0 saturated carbocycles. The lowest BCUT2D eigenvalue weighted by Gasteiger charge is -2.41. The summed E-state index contributed by atoms with van der Waals surface area (Å²) in [6.45, 7) is 16.5. The molecule has 0 bridgehead atoms.